The number of nitrogens with zero attached hydrogens (tertiary/aromatic N) is 1. The average Bonchev–Trinajstić information content (AvgIpc) is 2.15. The summed E-state index contributed by atoms with van der Waals surface area (Å²) in [5.41, 5.74) is -0.806. The average molecular weight is 247 g/mol. The van der Waals surface area contributed by atoms with Gasteiger partial charge in [-0.05, 0) is 25.7 Å². The van der Waals surface area contributed by atoms with Crippen molar-refractivity contribution in [1.82, 2.24) is 4.31 Å². The van der Waals surface area contributed by atoms with Crippen LogP contribution < -0.4 is 0 Å². The molecule has 0 amide bonds. The van der Waals surface area contributed by atoms with Crippen molar-refractivity contribution in [3.05, 3.63) is 0 Å². The van der Waals surface area contributed by atoms with Crippen molar-refractivity contribution in [2.45, 2.75) is 44.6 Å². The van der Waals surface area contributed by atoms with Gasteiger partial charge in [0.25, 0.3) is 0 Å². The molecule has 0 bridgehead atoms. The summed E-state index contributed by atoms with van der Waals surface area (Å²) in [6.45, 7) is 2.21. The molecule has 1 aliphatic carbocycles. The smallest absolute Gasteiger partial charge is 0.214 e. The predicted molar refractivity (Wildman–Crippen MR) is 62.6 cm³/mol. The molecule has 0 aromatic heterocycles. The Labute approximate surface area is 97.7 Å². The van der Waals surface area contributed by atoms with Crippen molar-refractivity contribution < 1.29 is 13.5 Å². The molecule has 1 saturated heterocycles. The van der Waals surface area contributed by atoms with Crippen molar-refractivity contribution in [3.8, 4) is 0 Å². The van der Waals surface area contributed by atoms with Crippen LogP contribution in [0.2, 0.25) is 0 Å². The summed E-state index contributed by atoms with van der Waals surface area (Å²) in [6.07, 6.45) is 5.66. The van der Waals surface area contributed by atoms with E-state index in [-0.39, 0.29) is 18.8 Å². The Morgan fingerprint density at radius 2 is 1.81 bits per heavy atom. The van der Waals surface area contributed by atoms with Gasteiger partial charge in [0.1, 0.15) is 0 Å². The summed E-state index contributed by atoms with van der Waals surface area (Å²) in [5, 5.41) is 9.55. The zero-order chi connectivity index (χ0) is 11.8. The highest BCUT2D eigenvalue weighted by Crippen LogP contribution is 2.29. The molecule has 4 nitrogen and oxygen atoms in total. The standard InChI is InChI=1S/C11H21NO3S/c1-11(13)8-12(9-11)16(14,15)7-10-5-3-2-4-6-10/h10,13H,2-9H2,1H3. The van der Waals surface area contributed by atoms with Crippen LogP contribution in [0.1, 0.15) is 39.0 Å². The molecule has 1 aliphatic heterocycles. The van der Waals surface area contributed by atoms with E-state index < -0.39 is 15.6 Å². The second-order valence-corrected chi connectivity index (χ2v) is 7.56. The van der Waals surface area contributed by atoms with E-state index in [1.165, 1.54) is 10.7 Å². The molecule has 1 saturated carbocycles. The Hall–Kier alpha value is -0.130. The Morgan fingerprint density at radius 1 is 1.25 bits per heavy atom. The van der Waals surface area contributed by atoms with Crippen molar-refractivity contribution in [3.63, 3.8) is 0 Å². The molecular weight excluding hydrogens is 226 g/mol. The highest BCUT2D eigenvalue weighted by Gasteiger charge is 2.43. The van der Waals surface area contributed by atoms with E-state index in [0.29, 0.717) is 5.92 Å². The number of rotatable bonds is 3. The first kappa shape index (κ1) is 12.3. The Kier molecular flexibility index (Phi) is 3.29. The topological polar surface area (TPSA) is 57.6 Å². The van der Waals surface area contributed by atoms with Gasteiger partial charge in [-0.15, -0.1) is 0 Å². The van der Waals surface area contributed by atoms with Gasteiger partial charge < -0.3 is 5.11 Å². The van der Waals surface area contributed by atoms with Gasteiger partial charge in [-0.1, -0.05) is 19.3 Å². The maximum Gasteiger partial charge on any atom is 0.214 e. The molecule has 0 spiro atoms. The third kappa shape index (κ3) is 2.76. The van der Waals surface area contributed by atoms with Crippen molar-refractivity contribution in [2.75, 3.05) is 18.8 Å². The summed E-state index contributed by atoms with van der Waals surface area (Å²) < 4.78 is 25.4. The highest BCUT2D eigenvalue weighted by molar-refractivity contribution is 7.89. The molecular formula is C11H21NO3S. The molecule has 2 rings (SSSR count). The molecule has 94 valence electrons. The molecule has 0 atom stereocenters. The molecule has 1 heterocycles. The van der Waals surface area contributed by atoms with Crippen molar-refractivity contribution in [1.29, 1.82) is 0 Å². The Morgan fingerprint density at radius 3 is 2.31 bits per heavy atom. The van der Waals surface area contributed by atoms with Crippen molar-refractivity contribution in [2.24, 2.45) is 5.92 Å². The van der Waals surface area contributed by atoms with E-state index in [2.05, 4.69) is 0 Å². The monoisotopic (exact) mass is 247 g/mol. The number of β-amino-alcohol motifs (C(OH)–C–C–N with tert-alkyl or cyclic N) is 1. The zero-order valence-electron chi connectivity index (χ0n) is 9.85. The Balaban J connectivity index is 1.88. The fourth-order valence-corrected chi connectivity index (χ4v) is 4.76. The number of sulfonamides is 1. The third-order valence-corrected chi connectivity index (χ3v) is 5.54. The van der Waals surface area contributed by atoms with Gasteiger partial charge in [-0.25, -0.2) is 8.42 Å². The van der Waals surface area contributed by atoms with Crippen LogP contribution in [-0.4, -0.2) is 42.3 Å². The fourth-order valence-electron chi connectivity index (χ4n) is 2.67. The minimum absolute atomic E-state index is 0.266. The molecule has 2 aliphatic rings. The second-order valence-electron chi connectivity index (χ2n) is 5.55. The van der Waals surface area contributed by atoms with Crippen LogP contribution in [0.4, 0.5) is 0 Å². The first-order valence-electron chi connectivity index (χ1n) is 6.09. The lowest BCUT2D eigenvalue weighted by Crippen LogP contribution is -2.62. The SMILES string of the molecule is CC1(O)CN(S(=O)(=O)CC2CCCCC2)C1. The van der Waals surface area contributed by atoms with Crippen molar-refractivity contribution >= 4 is 10.0 Å². The maximum absolute atomic E-state index is 12.0. The van der Waals surface area contributed by atoms with Crippen LogP contribution in [0.25, 0.3) is 0 Å². The van der Waals surface area contributed by atoms with Gasteiger partial charge in [0.05, 0.1) is 11.4 Å². The van der Waals surface area contributed by atoms with Crippen LogP contribution in [0.5, 0.6) is 0 Å². The molecule has 0 unspecified atom stereocenters. The molecule has 2 fully saturated rings. The van der Waals surface area contributed by atoms with E-state index in [1.807, 2.05) is 0 Å². The van der Waals surface area contributed by atoms with E-state index in [4.69, 9.17) is 0 Å². The summed E-state index contributed by atoms with van der Waals surface area (Å²) in [6, 6.07) is 0. The molecule has 16 heavy (non-hydrogen) atoms. The minimum atomic E-state index is -3.12. The Bertz CT molecular complexity index is 336. The maximum atomic E-state index is 12.0. The summed E-state index contributed by atoms with van der Waals surface area (Å²) in [7, 11) is -3.12. The molecule has 5 heteroatoms. The predicted octanol–water partition coefficient (Wildman–Crippen LogP) is 0.963. The zero-order valence-corrected chi connectivity index (χ0v) is 10.7. The number of aliphatic hydroxyl groups is 1. The summed E-state index contributed by atoms with van der Waals surface area (Å²) in [5.74, 6) is 0.618. The lowest BCUT2D eigenvalue weighted by atomic mass is 9.91. The van der Waals surface area contributed by atoms with E-state index in [9.17, 15) is 13.5 Å². The largest absolute Gasteiger partial charge is 0.387 e. The minimum Gasteiger partial charge on any atom is -0.387 e. The van der Waals surface area contributed by atoms with Gasteiger partial charge >= 0.3 is 0 Å². The van der Waals surface area contributed by atoms with Crippen LogP contribution in [0.15, 0.2) is 0 Å². The van der Waals surface area contributed by atoms with Gasteiger partial charge in [0, 0.05) is 13.1 Å². The first-order valence-corrected chi connectivity index (χ1v) is 7.70. The van der Waals surface area contributed by atoms with E-state index in [1.54, 1.807) is 6.92 Å². The molecule has 0 aromatic rings. The summed E-state index contributed by atoms with van der Waals surface area (Å²) in [4.78, 5) is 0. The molecule has 0 aromatic carbocycles. The van der Waals surface area contributed by atoms with Crippen LogP contribution in [-0.2, 0) is 10.0 Å². The second kappa shape index (κ2) is 4.27. The normalized spacial score (nSPS) is 27.6. The van der Waals surface area contributed by atoms with Gasteiger partial charge in [0.2, 0.25) is 10.0 Å². The van der Waals surface area contributed by atoms with Crippen LogP contribution in [0.3, 0.4) is 0 Å². The fraction of sp³-hybridized carbons (Fsp3) is 1.00. The summed E-state index contributed by atoms with van der Waals surface area (Å²) >= 11 is 0. The van der Waals surface area contributed by atoms with Crippen LogP contribution in [0, 0.1) is 5.92 Å². The van der Waals surface area contributed by atoms with Gasteiger partial charge in [-0.3, -0.25) is 0 Å². The quantitative estimate of drug-likeness (QED) is 0.808. The van der Waals surface area contributed by atoms with E-state index in [0.717, 1.165) is 25.7 Å². The van der Waals surface area contributed by atoms with Gasteiger partial charge in [0.15, 0.2) is 0 Å². The molecule has 1 N–H and O–H groups in total. The lowest BCUT2D eigenvalue weighted by molar-refractivity contribution is -0.0428. The third-order valence-electron chi connectivity index (χ3n) is 3.60. The first-order chi connectivity index (χ1) is 7.39. The number of hydrogen-bond donors (Lipinski definition) is 1. The highest BCUT2D eigenvalue weighted by atomic mass is 32.2. The molecule has 0 radical (unpaired) electrons. The van der Waals surface area contributed by atoms with Crippen LogP contribution >= 0.6 is 0 Å². The lowest BCUT2D eigenvalue weighted by Gasteiger charge is -2.43. The van der Waals surface area contributed by atoms with Gasteiger partial charge in [-0.2, -0.15) is 4.31 Å². The number of hydrogen-bond acceptors (Lipinski definition) is 3. The van der Waals surface area contributed by atoms with E-state index >= 15 is 0 Å².